The van der Waals surface area contributed by atoms with Crippen LogP contribution in [0.3, 0.4) is 0 Å². The summed E-state index contributed by atoms with van der Waals surface area (Å²) in [5.74, 6) is -0.197. The van der Waals surface area contributed by atoms with Gasteiger partial charge in [-0.1, -0.05) is 54.1 Å². The van der Waals surface area contributed by atoms with Gasteiger partial charge in [0.1, 0.15) is 6.61 Å². The minimum atomic E-state index is -0.651. The lowest BCUT2D eigenvalue weighted by atomic mass is 9.79. The Hall–Kier alpha value is -3.84. The monoisotopic (exact) mass is 573 g/mol. The molecule has 0 fully saturated rings. The van der Waals surface area contributed by atoms with Crippen LogP contribution in [0.4, 0.5) is 0 Å². The van der Waals surface area contributed by atoms with Crippen LogP contribution in [-0.4, -0.2) is 25.5 Å². The van der Waals surface area contributed by atoms with E-state index >= 15 is 0 Å². The third-order valence-corrected chi connectivity index (χ3v) is 7.42. The van der Waals surface area contributed by atoms with E-state index in [1.807, 2.05) is 74.5 Å². The van der Waals surface area contributed by atoms with Gasteiger partial charge in [-0.05, 0) is 60.0 Å². The number of Topliss-reactive ketones (excluding diaryl/α,β-unsaturated/α-hetero) is 1. The number of aryl methyl sites for hydroxylation is 1. The standard InChI is InChI=1S/C31H28BrNO5/c1-5-37-31(35)25-18(3)33-28-21-8-6-7-9-22(21)29(34)27(28)26(25)20-14-23(32)30(24(15-20)36-4)38-16-19-12-10-17(2)11-13-19/h6-15,26,33H,5,16H2,1-4H3/t26-/m1/s1. The van der Waals surface area contributed by atoms with E-state index in [0.717, 1.165) is 16.8 Å². The molecule has 0 bridgehead atoms. The number of rotatable bonds is 7. The first-order valence-electron chi connectivity index (χ1n) is 12.4. The zero-order chi connectivity index (χ0) is 27.0. The molecule has 1 aliphatic heterocycles. The lowest BCUT2D eigenvalue weighted by Crippen LogP contribution is -2.29. The van der Waals surface area contributed by atoms with E-state index in [1.54, 1.807) is 14.0 Å². The van der Waals surface area contributed by atoms with Crippen molar-refractivity contribution in [2.24, 2.45) is 0 Å². The van der Waals surface area contributed by atoms with Crippen LogP contribution in [0, 0.1) is 6.92 Å². The zero-order valence-corrected chi connectivity index (χ0v) is 23.3. The van der Waals surface area contributed by atoms with E-state index < -0.39 is 11.9 Å². The van der Waals surface area contributed by atoms with Crippen molar-refractivity contribution in [3.05, 3.63) is 110 Å². The van der Waals surface area contributed by atoms with Crippen molar-refractivity contribution in [3.8, 4) is 11.5 Å². The number of carbonyl (C=O) groups excluding carboxylic acids is 2. The fourth-order valence-corrected chi connectivity index (χ4v) is 5.60. The molecule has 0 amide bonds. The van der Waals surface area contributed by atoms with Gasteiger partial charge in [0, 0.05) is 28.3 Å². The molecule has 2 aliphatic rings. The van der Waals surface area contributed by atoms with Crippen LogP contribution in [0.15, 0.2) is 82.0 Å². The number of halogens is 1. The molecule has 38 heavy (non-hydrogen) atoms. The molecule has 5 rings (SSSR count). The maximum absolute atomic E-state index is 13.7. The third kappa shape index (κ3) is 4.52. The summed E-state index contributed by atoms with van der Waals surface area (Å²) in [7, 11) is 1.57. The summed E-state index contributed by atoms with van der Waals surface area (Å²) in [5.41, 5.74) is 6.63. The lowest BCUT2D eigenvalue weighted by Gasteiger charge is -2.30. The van der Waals surface area contributed by atoms with Crippen molar-refractivity contribution < 1.29 is 23.8 Å². The van der Waals surface area contributed by atoms with Gasteiger partial charge in [0.05, 0.1) is 29.5 Å². The Bertz CT molecular complexity index is 1500. The predicted octanol–water partition coefficient (Wildman–Crippen LogP) is 6.48. The molecule has 3 aromatic carbocycles. The molecular weight excluding hydrogens is 546 g/mol. The van der Waals surface area contributed by atoms with E-state index in [4.69, 9.17) is 14.2 Å². The molecule has 6 nitrogen and oxygen atoms in total. The van der Waals surface area contributed by atoms with Crippen LogP contribution in [0.1, 0.15) is 52.4 Å². The topological polar surface area (TPSA) is 73.9 Å². The fraction of sp³-hybridized carbons (Fsp3) is 0.226. The number of ketones is 1. The maximum atomic E-state index is 13.7. The molecule has 0 aromatic heterocycles. The van der Waals surface area contributed by atoms with Crippen molar-refractivity contribution in [1.82, 2.24) is 5.32 Å². The number of esters is 1. The normalized spacial score (nSPS) is 16.1. The number of hydrogen-bond donors (Lipinski definition) is 1. The summed E-state index contributed by atoms with van der Waals surface area (Å²) in [6.45, 7) is 6.22. The average molecular weight is 574 g/mol. The molecule has 1 atom stereocenters. The van der Waals surface area contributed by atoms with Gasteiger partial charge < -0.3 is 19.5 Å². The quantitative estimate of drug-likeness (QED) is 0.326. The summed E-state index contributed by atoms with van der Waals surface area (Å²) in [6, 6.07) is 19.3. The van der Waals surface area contributed by atoms with Crippen molar-refractivity contribution in [1.29, 1.82) is 0 Å². The first-order chi connectivity index (χ1) is 18.3. The molecule has 1 heterocycles. The van der Waals surface area contributed by atoms with Crippen LogP contribution >= 0.6 is 15.9 Å². The van der Waals surface area contributed by atoms with Gasteiger partial charge in [-0.15, -0.1) is 0 Å². The van der Waals surface area contributed by atoms with Crippen LogP contribution in [0.5, 0.6) is 11.5 Å². The second-order valence-electron chi connectivity index (χ2n) is 9.29. The highest BCUT2D eigenvalue weighted by Crippen LogP contribution is 2.49. The Kier molecular flexibility index (Phi) is 7.13. The minimum Gasteiger partial charge on any atom is -0.493 e. The molecule has 7 heteroatoms. The summed E-state index contributed by atoms with van der Waals surface area (Å²) >= 11 is 3.66. The fourth-order valence-electron chi connectivity index (χ4n) is 5.03. The van der Waals surface area contributed by atoms with E-state index in [9.17, 15) is 9.59 Å². The van der Waals surface area contributed by atoms with Crippen molar-refractivity contribution in [3.63, 3.8) is 0 Å². The minimum absolute atomic E-state index is 0.114. The van der Waals surface area contributed by atoms with E-state index in [1.165, 1.54) is 5.56 Å². The van der Waals surface area contributed by atoms with Gasteiger partial charge in [0.25, 0.3) is 0 Å². The average Bonchev–Trinajstić information content (AvgIpc) is 3.19. The van der Waals surface area contributed by atoms with E-state index in [-0.39, 0.29) is 12.4 Å². The smallest absolute Gasteiger partial charge is 0.336 e. The molecule has 1 N–H and O–H groups in total. The highest BCUT2D eigenvalue weighted by atomic mass is 79.9. The van der Waals surface area contributed by atoms with Crippen LogP contribution in [0.25, 0.3) is 5.70 Å². The van der Waals surface area contributed by atoms with Crippen molar-refractivity contribution >= 4 is 33.4 Å². The van der Waals surface area contributed by atoms with Gasteiger partial charge in [-0.25, -0.2) is 4.79 Å². The number of benzene rings is 3. The predicted molar refractivity (Wildman–Crippen MR) is 149 cm³/mol. The highest BCUT2D eigenvalue weighted by molar-refractivity contribution is 9.10. The van der Waals surface area contributed by atoms with Crippen LogP contribution < -0.4 is 14.8 Å². The number of dihydropyridines is 1. The largest absolute Gasteiger partial charge is 0.493 e. The molecule has 1 aliphatic carbocycles. The molecule has 0 saturated carbocycles. The zero-order valence-electron chi connectivity index (χ0n) is 21.7. The lowest BCUT2D eigenvalue weighted by molar-refractivity contribution is -0.138. The number of methoxy groups -OCH3 is 1. The number of hydrogen-bond acceptors (Lipinski definition) is 6. The molecule has 0 radical (unpaired) electrons. The van der Waals surface area contributed by atoms with Crippen molar-refractivity contribution in [2.45, 2.75) is 33.3 Å². The number of nitrogens with one attached hydrogen (secondary N) is 1. The number of ether oxygens (including phenoxy) is 3. The Morgan fingerprint density at radius 2 is 1.74 bits per heavy atom. The second-order valence-corrected chi connectivity index (χ2v) is 10.1. The van der Waals surface area contributed by atoms with Crippen LogP contribution in [0.2, 0.25) is 0 Å². The third-order valence-electron chi connectivity index (χ3n) is 6.83. The van der Waals surface area contributed by atoms with E-state index in [2.05, 4.69) is 21.2 Å². The molecule has 0 saturated heterocycles. The molecule has 194 valence electrons. The summed E-state index contributed by atoms with van der Waals surface area (Å²) in [6.07, 6.45) is 0. The molecule has 0 unspecified atom stereocenters. The van der Waals surface area contributed by atoms with Crippen molar-refractivity contribution in [2.75, 3.05) is 13.7 Å². The Morgan fingerprint density at radius 1 is 1.03 bits per heavy atom. The summed E-state index contributed by atoms with van der Waals surface area (Å²) in [4.78, 5) is 26.9. The Morgan fingerprint density at radius 3 is 2.42 bits per heavy atom. The molecule has 3 aromatic rings. The highest BCUT2D eigenvalue weighted by Gasteiger charge is 2.43. The second kappa shape index (κ2) is 10.5. The van der Waals surface area contributed by atoms with E-state index in [0.29, 0.717) is 50.5 Å². The first kappa shape index (κ1) is 25.8. The van der Waals surface area contributed by atoms with Gasteiger partial charge in [0.2, 0.25) is 0 Å². The van der Waals surface area contributed by atoms with Gasteiger partial charge in [-0.2, -0.15) is 0 Å². The first-order valence-corrected chi connectivity index (χ1v) is 13.2. The van der Waals surface area contributed by atoms with Gasteiger partial charge in [-0.3, -0.25) is 4.79 Å². The Balaban J connectivity index is 1.60. The maximum Gasteiger partial charge on any atom is 0.336 e. The van der Waals surface area contributed by atoms with Crippen LogP contribution in [-0.2, 0) is 16.1 Å². The molecular formula is C31H28BrNO5. The Labute approximate surface area is 230 Å². The SMILES string of the molecule is CCOC(=O)C1=C(C)NC2=C(C(=O)c3ccccc32)[C@@H]1c1cc(Br)c(OCc2ccc(C)cc2)c(OC)c1. The number of carbonyl (C=O) groups is 2. The van der Waals surface area contributed by atoms with Gasteiger partial charge in [0.15, 0.2) is 17.3 Å². The molecule has 0 spiro atoms. The number of fused-ring (bicyclic) bond motifs is 2. The summed E-state index contributed by atoms with van der Waals surface area (Å²) < 4.78 is 18.0. The summed E-state index contributed by atoms with van der Waals surface area (Å²) in [5, 5.41) is 3.32. The number of allylic oxidation sites excluding steroid dienone is 2. The van der Waals surface area contributed by atoms with Gasteiger partial charge >= 0.3 is 5.97 Å².